The molecule has 0 aliphatic carbocycles. The third-order valence-corrected chi connectivity index (χ3v) is 4.67. The van der Waals surface area contributed by atoms with E-state index in [9.17, 15) is 9.59 Å². The van der Waals surface area contributed by atoms with E-state index in [1.165, 1.54) is 4.68 Å². The van der Waals surface area contributed by atoms with Crippen LogP contribution in [0, 0.1) is 0 Å². The predicted octanol–water partition coefficient (Wildman–Crippen LogP) is 3.60. The highest BCUT2D eigenvalue weighted by Gasteiger charge is 2.16. The molecule has 3 rings (SSSR count). The fraction of sp³-hybridized carbons (Fsp3) is 0.150. The number of aryl methyl sites for hydroxylation is 1. The molecule has 0 saturated carbocycles. The summed E-state index contributed by atoms with van der Waals surface area (Å²) in [4.78, 5) is 24.0. The number of rotatable bonds is 7. The van der Waals surface area contributed by atoms with Gasteiger partial charge in [0, 0.05) is 18.3 Å². The fourth-order valence-electron chi connectivity index (χ4n) is 2.53. The van der Waals surface area contributed by atoms with Gasteiger partial charge < -0.3 is 15.8 Å². The zero-order valence-corrected chi connectivity index (χ0v) is 16.8. The topological polar surface area (TPSA) is 99.2 Å². The Morgan fingerprint density at radius 2 is 1.89 bits per heavy atom. The van der Waals surface area contributed by atoms with Crippen LogP contribution >= 0.6 is 15.9 Å². The Morgan fingerprint density at radius 1 is 1.18 bits per heavy atom. The van der Waals surface area contributed by atoms with Crippen molar-refractivity contribution in [1.82, 2.24) is 9.78 Å². The number of nitrogens with zero attached hydrogens (tertiary/aromatic N) is 2. The first kappa shape index (κ1) is 19.6. The molecule has 144 valence electrons. The van der Waals surface area contributed by atoms with Crippen LogP contribution in [0.3, 0.4) is 0 Å². The molecule has 2 amide bonds. The van der Waals surface area contributed by atoms with Gasteiger partial charge in [-0.05, 0) is 52.7 Å². The molecule has 28 heavy (non-hydrogen) atoms. The number of ether oxygens (including phenoxy) is 1. The summed E-state index contributed by atoms with van der Waals surface area (Å²) in [7, 11) is 0. The molecule has 3 N–H and O–H groups in total. The van der Waals surface area contributed by atoms with Crippen molar-refractivity contribution in [3.05, 3.63) is 76.0 Å². The summed E-state index contributed by atoms with van der Waals surface area (Å²) >= 11 is 3.44. The number of primary amides is 1. The molecule has 0 saturated heterocycles. The molecule has 0 bridgehead atoms. The van der Waals surface area contributed by atoms with Gasteiger partial charge in [-0.3, -0.25) is 14.3 Å². The molecule has 2 aromatic carbocycles. The van der Waals surface area contributed by atoms with Crippen LogP contribution < -0.4 is 15.8 Å². The first-order valence-corrected chi connectivity index (χ1v) is 9.42. The summed E-state index contributed by atoms with van der Waals surface area (Å²) in [5.74, 6) is -0.297. The first-order chi connectivity index (χ1) is 13.5. The van der Waals surface area contributed by atoms with Crippen molar-refractivity contribution in [3.63, 3.8) is 0 Å². The second-order valence-corrected chi connectivity index (χ2v) is 6.84. The maximum atomic E-state index is 12.5. The highest BCUT2D eigenvalue weighted by Crippen LogP contribution is 2.24. The Balaban J connectivity index is 1.66. The summed E-state index contributed by atoms with van der Waals surface area (Å²) in [6, 6.07) is 14.6. The van der Waals surface area contributed by atoms with Gasteiger partial charge in [0.15, 0.2) is 5.69 Å². The van der Waals surface area contributed by atoms with Gasteiger partial charge in [-0.15, -0.1) is 0 Å². The van der Waals surface area contributed by atoms with Crippen LogP contribution in [0.2, 0.25) is 0 Å². The number of benzene rings is 2. The average molecular weight is 443 g/mol. The van der Waals surface area contributed by atoms with Crippen molar-refractivity contribution in [2.75, 3.05) is 5.32 Å². The summed E-state index contributed by atoms with van der Waals surface area (Å²) in [6.07, 6.45) is 1.58. The van der Waals surface area contributed by atoms with Gasteiger partial charge >= 0.3 is 0 Å². The lowest BCUT2D eigenvalue weighted by molar-refractivity contribution is 0.0995. The van der Waals surface area contributed by atoms with E-state index in [0.29, 0.717) is 24.4 Å². The second kappa shape index (κ2) is 8.71. The Morgan fingerprint density at radius 3 is 2.54 bits per heavy atom. The van der Waals surface area contributed by atoms with Gasteiger partial charge in [0.2, 0.25) is 0 Å². The summed E-state index contributed by atoms with van der Waals surface area (Å²) in [6.45, 7) is 2.81. The lowest BCUT2D eigenvalue weighted by Gasteiger charge is -2.09. The van der Waals surface area contributed by atoms with E-state index in [-0.39, 0.29) is 11.6 Å². The number of anilines is 1. The molecule has 0 unspecified atom stereocenters. The second-order valence-electron chi connectivity index (χ2n) is 5.98. The van der Waals surface area contributed by atoms with E-state index in [4.69, 9.17) is 10.5 Å². The van der Waals surface area contributed by atoms with Crippen LogP contribution in [-0.2, 0) is 13.2 Å². The molecule has 7 nitrogen and oxygen atoms in total. The third kappa shape index (κ3) is 4.58. The minimum absolute atomic E-state index is 0.0358. The molecule has 3 aromatic rings. The number of para-hydroxylation sites is 1. The van der Waals surface area contributed by atoms with Crippen molar-refractivity contribution in [2.45, 2.75) is 20.1 Å². The highest BCUT2D eigenvalue weighted by atomic mass is 79.9. The summed E-state index contributed by atoms with van der Waals surface area (Å²) in [5, 5.41) is 6.74. The van der Waals surface area contributed by atoms with Crippen molar-refractivity contribution >= 4 is 33.4 Å². The van der Waals surface area contributed by atoms with Gasteiger partial charge in [-0.2, -0.15) is 5.10 Å². The number of amides is 2. The van der Waals surface area contributed by atoms with Crippen molar-refractivity contribution < 1.29 is 14.3 Å². The molecule has 1 heterocycles. The van der Waals surface area contributed by atoms with E-state index in [2.05, 4.69) is 26.3 Å². The largest absolute Gasteiger partial charge is 0.488 e. The number of hydrogen-bond donors (Lipinski definition) is 2. The van der Waals surface area contributed by atoms with E-state index in [1.807, 2.05) is 43.3 Å². The molecular formula is C20H19BrN4O3. The number of nitrogens with two attached hydrogens (primary N) is 1. The molecule has 0 aliphatic rings. The SMILES string of the molecule is CCn1cc(NC(=O)c2ccc(COc3ccccc3Br)cc2)c(C(N)=O)n1. The van der Waals surface area contributed by atoms with Gasteiger partial charge in [0.1, 0.15) is 12.4 Å². The maximum Gasteiger partial charge on any atom is 0.271 e. The summed E-state index contributed by atoms with van der Waals surface area (Å²) < 4.78 is 8.18. The number of halogens is 1. The smallest absolute Gasteiger partial charge is 0.271 e. The Labute approximate surface area is 170 Å². The van der Waals surface area contributed by atoms with Gasteiger partial charge in [0.05, 0.1) is 10.2 Å². The fourth-order valence-corrected chi connectivity index (χ4v) is 2.93. The quantitative estimate of drug-likeness (QED) is 0.583. The number of carbonyl (C=O) groups excluding carboxylic acids is 2. The average Bonchev–Trinajstić information content (AvgIpc) is 3.11. The van der Waals surface area contributed by atoms with Crippen LogP contribution in [0.5, 0.6) is 5.75 Å². The van der Waals surface area contributed by atoms with Crippen molar-refractivity contribution in [1.29, 1.82) is 0 Å². The molecule has 0 radical (unpaired) electrons. The molecule has 1 aromatic heterocycles. The standard InChI is InChI=1S/C20H19BrN4O3/c1-2-25-11-16(18(24-25)19(22)26)23-20(27)14-9-7-13(8-10-14)12-28-17-6-4-3-5-15(17)21/h3-11H,2,12H2,1H3,(H2,22,26)(H,23,27). The van der Waals surface area contributed by atoms with Crippen molar-refractivity contribution in [3.8, 4) is 5.75 Å². The van der Waals surface area contributed by atoms with Crippen LogP contribution in [0.1, 0.15) is 33.3 Å². The predicted molar refractivity (Wildman–Crippen MR) is 109 cm³/mol. The Bertz CT molecular complexity index is 999. The molecule has 0 aliphatic heterocycles. The van der Waals surface area contributed by atoms with Crippen LogP contribution in [0.25, 0.3) is 0 Å². The molecule has 0 fully saturated rings. The normalized spacial score (nSPS) is 10.5. The minimum Gasteiger partial charge on any atom is -0.488 e. The number of hydrogen-bond acceptors (Lipinski definition) is 4. The molecular weight excluding hydrogens is 424 g/mol. The molecule has 8 heteroatoms. The van der Waals surface area contributed by atoms with E-state index < -0.39 is 5.91 Å². The number of aromatic nitrogens is 2. The number of nitrogens with one attached hydrogen (secondary N) is 1. The van der Waals surface area contributed by atoms with E-state index >= 15 is 0 Å². The third-order valence-electron chi connectivity index (χ3n) is 4.01. The first-order valence-electron chi connectivity index (χ1n) is 8.62. The minimum atomic E-state index is -0.693. The van der Waals surface area contributed by atoms with E-state index in [0.717, 1.165) is 15.8 Å². The highest BCUT2D eigenvalue weighted by molar-refractivity contribution is 9.10. The monoisotopic (exact) mass is 442 g/mol. The zero-order chi connectivity index (χ0) is 20.1. The molecule has 0 spiro atoms. The number of carbonyl (C=O) groups is 2. The van der Waals surface area contributed by atoms with Crippen LogP contribution in [0.4, 0.5) is 5.69 Å². The molecule has 0 atom stereocenters. The van der Waals surface area contributed by atoms with Gasteiger partial charge in [-0.25, -0.2) is 0 Å². The van der Waals surface area contributed by atoms with Crippen LogP contribution in [-0.4, -0.2) is 21.6 Å². The van der Waals surface area contributed by atoms with E-state index in [1.54, 1.807) is 18.3 Å². The van der Waals surface area contributed by atoms with Gasteiger partial charge in [-0.1, -0.05) is 24.3 Å². The zero-order valence-electron chi connectivity index (χ0n) is 15.2. The van der Waals surface area contributed by atoms with Crippen LogP contribution in [0.15, 0.2) is 59.2 Å². The summed E-state index contributed by atoms with van der Waals surface area (Å²) in [5.41, 5.74) is 7.02. The lowest BCUT2D eigenvalue weighted by Crippen LogP contribution is -2.18. The van der Waals surface area contributed by atoms with Gasteiger partial charge in [0.25, 0.3) is 11.8 Å². The maximum absolute atomic E-state index is 12.5. The Kier molecular flexibility index (Phi) is 6.10. The van der Waals surface area contributed by atoms with Crippen molar-refractivity contribution in [2.24, 2.45) is 5.73 Å². The lowest BCUT2D eigenvalue weighted by atomic mass is 10.1. The Hall–Kier alpha value is -3.13.